The molecule has 6 aliphatic rings. The summed E-state index contributed by atoms with van der Waals surface area (Å²) in [6.45, 7) is 14.4. The Morgan fingerprint density at radius 2 is 1.35 bits per heavy atom. The number of carbonyl (C=O) groups excluding carboxylic acids is 4. The lowest BCUT2D eigenvalue weighted by atomic mass is 9.81. The van der Waals surface area contributed by atoms with E-state index in [0.717, 1.165) is 112 Å². The van der Waals surface area contributed by atoms with E-state index in [1.807, 2.05) is 93.8 Å². The third-order valence-corrected chi connectivity index (χ3v) is 16.7. The predicted octanol–water partition coefficient (Wildman–Crippen LogP) is 5.91. The number of anilines is 1. The lowest BCUT2D eigenvalue weighted by Crippen LogP contribution is -2.83. The van der Waals surface area contributed by atoms with Crippen molar-refractivity contribution in [2.24, 2.45) is 37.8 Å². The number of ether oxygens (including phenoxy) is 1. The molecule has 9 rings (SSSR count). The lowest BCUT2D eigenvalue weighted by Gasteiger charge is -2.39. The van der Waals surface area contributed by atoms with E-state index in [1.54, 1.807) is 37.6 Å². The molecule has 0 atom stereocenters. The number of quaternary nitrogens is 1. The van der Waals surface area contributed by atoms with Crippen LogP contribution < -0.4 is 22.1 Å². The van der Waals surface area contributed by atoms with Gasteiger partial charge in [0.15, 0.2) is 11.8 Å². The molecule has 430 valence electrons. The van der Waals surface area contributed by atoms with E-state index in [1.165, 1.54) is 0 Å². The molecule has 0 radical (unpaired) electrons. The Hall–Kier alpha value is -7.32. The van der Waals surface area contributed by atoms with Crippen LogP contribution in [0.3, 0.4) is 0 Å². The standard InChI is InChI=1S/C62H82N14O5/c1-62(2,3)41-54(77)75-33-19-42(20-34-75)52-9-7-27-65-55(52)69-60(63)67-47-15-11-44(12-16-47)57(78)71(4)49-23-29-73(30-24-49)37-38-74-31-25-50(26-32-74)72(5)58(79)45-13-17-48(18-14-45)68-61(64)70-56-53(10-8-28-66-56)43-21-35-76(36-22-43)59(80)46-39-51(40-46)81-6/h7-19,21,27-28,46,49-51H,20,22-26,29-41H2,1-6H3,(H3,63,65,67,69)(H3,64,66,68,70)/p+1. The first-order chi connectivity index (χ1) is 39.0. The molecule has 4 amide bonds. The Balaban J connectivity index is 0.673. The quantitative estimate of drug-likeness (QED) is 0.103. The molecule has 19 heteroatoms. The summed E-state index contributed by atoms with van der Waals surface area (Å²) in [7, 11) is 5.51. The van der Waals surface area contributed by atoms with E-state index in [-0.39, 0.29) is 65.1 Å². The highest BCUT2D eigenvalue weighted by Gasteiger charge is 2.38. The topological polar surface area (TPSA) is 228 Å². The number of aromatic nitrogens is 1. The average Bonchev–Trinajstić information content (AvgIpc) is 3.48. The van der Waals surface area contributed by atoms with Crippen LogP contribution in [0, 0.1) is 11.3 Å². The number of pyridine rings is 1. The largest absolute Gasteiger partial charge is 0.381 e. The van der Waals surface area contributed by atoms with E-state index in [0.29, 0.717) is 67.3 Å². The summed E-state index contributed by atoms with van der Waals surface area (Å²) in [4.78, 5) is 84.2. The monoisotopic (exact) mass is 1100 g/mol. The van der Waals surface area contributed by atoms with E-state index in [2.05, 4.69) is 68.0 Å². The Kier molecular flexibility index (Phi) is 19.1. The van der Waals surface area contributed by atoms with Gasteiger partial charge in [-0.05, 0) is 141 Å². The summed E-state index contributed by atoms with van der Waals surface area (Å²) in [5.74, 6) is 1.94. The number of hydrogen-bond donors (Lipinski definition) is 4. The summed E-state index contributed by atoms with van der Waals surface area (Å²) in [6.07, 6.45) is 19.2. The Labute approximate surface area is 477 Å². The van der Waals surface area contributed by atoms with Crippen LogP contribution in [0.5, 0.6) is 0 Å². The number of allylic oxidation sites excluding steroid dienone is 2. The van der Waals surface area contributed by atoms with Crippen LogP contribution in [-0.4, -0.2) is 181 Å². The van der Waals surface area contributed by atoms with Crippen LogP contribution in [-0.2, 0) is 14.3 Å². The fourth-order valence-corrected chi connectivity index (χ4v) is 11.6. The number of benzene rings is 2. The molecule has 6 heterocycles. The number of nitrogens with one attached hydrogen (secondary N) is 1. The number of nitrogens with two attached hydrogens (primary N) is 3. The maximum absolute atomic E-state index is 13.7. The van der Waals surface area contributed by atoms with Gasteiger partial charge in [0, 0.05) is 140 Å². The number of hydrogen-bond acceptors (Lipinski definition) is 10. The molecular formula is C62H83N14O5+. The first-order valence-electron chi connectivity index (χ1n) is 28.9. The van der Waals surface area contributed by atoms with Crippen LogP contribution in [0.4, 0.5) is 17.2 Å². The van der Waals surface area contributed by atoms with Gasteiger partial charge >= 0.3 is 0 Å². The maximum atomic E-state index is 13.7. The van der Waals surface area contributed by atoms with Crippen molar-refractivity contribution >= 4 is 64.1 Å². The predicted molar refractivity (Wildman–Crippen MR) is 319 cm³/mol. The SMILES string of the molecule is COC1CC(C(=O)N2CC=C(c3cccnc3/N=C(\N)Nc3ccc(C(=O)N(C)C4CCN(CCN5CCC(N(C)C(=O)c6ccc(N=C(N)/N=C7\[NH2+]C=CC=C7C7=CCN(C(=O)CC(C)(C)C)CC7)cc6)CC5)CC4)cc3)CC2)C1. The number of rotatable bonds is 15. The number of guanidine groups is 2. The number of amides is 4. The summed E-state index contributed by atoms with van der Waals surface area (Å²) >= 11 is 0. The van der Waals surface area contributed by atoms with Gasteiger partial charge in [-0.1, -0.05) is 32.9 Å². The van der Waals surface area contributed by atoms with Gasteiger partial charge < -0.3 is 50.9 Å². The van der Waals surface area contributed by atoms with Crippen molar-refractivity contribution in [1.82, 2.24) is 34.4 Å². The third kappa shape index (κ3) is 15.2. The molecule has 1 saturated carbocycles. The van der Waals surface area contributed by atoms with Gasteiger partial charge in [-0.2, -0.15) is 9.98 Å². The Bertz CT molecular complexity index is 2970. The van der Waals surface area contributed by atoms with E-state index >= 15 is 0 Å². The molecule has 2 saturated heterocycles. The van der Waals surface area contributed by atoms with Gasteiger partial charge in [0.2, 0.25) is 23.6 Å². The number of methoxy groups -OCH3 is 1. The van der Waals surface area contributed by atoms with Gasteiger partial charge in [-0.15, -0.1) is 0 Å². The van der Waals surface area contributed by atoms with Crippen LogP contribution in [0.2, 0.25) is 0 Å². The van der Waals surface area contributed by atoms with Crippen molar-refractivity contribution in [2.45, 2.75) is 96.7 Å². The van der Waals surface area contributed by atoms with Gasteiger partial charge in [0.05, 0.1) is 23.6 Å². The van der Waals surface area contributed by atoms with E-state index < -0.39 is 0 Å². The van der Waals surface area contributed by atoms with Gasteiger partial charge in [0.25, 0.3) is 11.8 Å². The normalized spacial score (nSPS) is 21.5. The first-order valence-corrected chi connectivity index (χ1v) is 28.9. The zero-order valence-corrected chi connectivity index (χ0v) is 48.2. The number of piperidine rings is 2. The van der Waals surface area contributed by atoms with Crippen molar-refractivity contribution in [1.29, 1.82) is 0 Å². The summed E-state index contributed by atoms with van der Waals surface area (Å²) in [6, 6.07) is 18.7. The summed E-state index contributed by atoms with van der Waals surface area (Å²) < 4.78 is 5.37. The molecule has 7 N–H and O–H groups in total. The second-order valence-corrected chi connectivity index (χ2v) is 23.5. The highest BCUT2D eigenvalue weighted by Crippen LogP contribution is 2.34. The number of nitrogens with zero attached hydrogens (tertiary/aromatic N) is 10. The fourth-order valence-electron chi connectivity index (χ4n) is 11.6. The first kappa shape index (κ1) is 58.3. The summed E-state index contributed by atoms with van der Waals surface area (Å²) in [5, 5.41) is 5.08. The highest BCUT2D eigenvalue weighted by atomic mass is 16.5. The maximum Gasteiger partial charge on any atom is 0.253 e. The smallest absolute Gasteiger partial charge is 0.253 e. The minimum absolute atomic E-state index is 0.00985. The van der Waals surface area contributed by atoms with Gasteiger partial charge in [-0.3, -0.25) is 24.5 Å². The molecule has 19 nitrogen and oxygen atoms in total. The minimum atomic E-state index is -0.0537. The van der Waals surface area contributed by atoms with Crippen molar-refractivity contribution in [3.63, 3.8) is 0 Å². The van der Waals surface area contributed by atoms with Crippen LogP contribution in [0.25, 0.3) is 5.57 Å². The molecular weight excluding hydrogens is 1020 g/mol. The average molecular weight is 1100 g/mol. The van der Waals surface area contributed by atoms with Crippen LogP contribution in [0.1, 0.15) is 105 Å². The number of carbonyl (C=O) groups is 4. The van der Waals surface area contributed by atoms with Gasteiger partial charge in [-0.25, -0.2) is 9.98 Å². The lowest BCUT2D eigenvalue weighted by molar-refractivity contribution is -0.461. The van der Waals surface area contributed by atoms with Gasteiger partial charge in [0.1, 0.15) is 0 Å². The molecule has 0 bridgehead atoms. The highest BCUT2D eigenvalue weighted by molar-refractivity contribution is 6.04. The zero-order valence-electron chi connectivity index (χ0n) is 48.2. The fraction of sp³-hybridized carbons (Fsp3) is 0.484. The van der Waals surface area contributed by atoms with E-state index in [4.69, 9.17) is 16.2 Å². The Morgan fingerprint density at radius 3 is 1.91 bits per heavy atom. The molecule has 1 aliphatic carbocycles. The van der Waals surface area contributed by atoms with Crippen molar-refractivity contribution < 1.29 is 29.2 Å². The van der Waals surface area contributed by atoms with Crippen molar-refractivity contribution in [3.05, 3.63) is 125 Å². The van der Waals surface area contributed by atoms with Crippen LogP contribution in [0.15, 0.2) is 123 Å². The molecule has 0 unspecified atom stereocenters. The molecule has 2 aromatic carbocycles. The second kappa shape index (κ2) is 26.5. The number of aliphatic imine (C=N–C) groups is 3. The molecule has 5 aliphatic heterocycles. The van der Waals surface area contributed by atoms with Crippen molar-refractivity contribution in [2.75, 3.05) is 92.0 Å². The van der Waals surface area contributed by atoms with Crippen molar-refractivity contribution in [3.8, 4) is 0 Å². The summed E-state index contributed by atoms with van der Waals surface area (Å²) in [5.41, 5.74) is 19.4. The zero-order chi connectivity index (χ0) is 57.2. The number of amidine groups is 1. The van der Waals surface area contributed by atoms with E-state index in [9.17, 15) is 19.2 Å². The number of likely N-dealkylation sites (tertiary alicyclic amines) is 2. The third-order valence-electron chi connectivity index (χ3n) is 16.7. The van der Waals surface area contributed by atoms with Crippen LogP contribution >= 0.6 is 0 Å². The molecule has 3 aromatic rings. The minimum Gasteiger partial charge on any atom is -0.381 e. The molecule has 3 fully saturated rings. The Morgan fingerprint density at radius 1 is 0.765 bits per heavy atom. The molecule has 1 aromatic heterocycles. The molecule has 81 heavy (non-hydrogen) atoms. The second-order valence-electron chi connectivity index (χ2n) is 23.5. The molecule has 0 spiro atoms.